The van der Waals surface area contributed by atoms with Gasteiger partial charge >= 0.3 is 5.97 Å². The highest BCUT2D eigenvalue weighted by Gasteiger charge is 2.22. The third kappa shape index (κ3) is 5.27. The van der Waals surface area contributed by atoms with Crippen LogP contribution in [0.3, 0.4) is 0 Å². The first-order valence-corrected chi connectivity index (χ1v) is 7.89. The zero-order valence-electron chi connectivity index (χ0n) is 14.4. The van der Waals surface area contributed by atoms with Gasteiger partial charge in [-0.05, 0) is 24.0 Å². The Kier molecular flexibility index (Phi) is 8.16. The van der Waals surface area contributed by atoms with E-state index in [-0.39, 0.29) is 18.3 Å². The van der Waals surface area contributed by atoms with Crippen molar-refractivity contribution in [3.8, 4) is 11.5 Å². The number of hydrogen-bond acceptors (Lipinski definition) is 5. The van der Waals surface area contributed by atoms with Crippen molar-refractivity contribution >= 4 is 12.3 Å². The summed E-state index contributed by atoms with van der Waals surface area (Å²) in [6.45, 7) is 2.13. The van der Waals surface area contributed by atoms with E-state index in [0.29, 0.717) is 17.1 Å². The van der Waals surface area contributed by atoms with Gasteiger partial charge in [0.2, 0.25) is 0 Å². The van der Waals surface area contributed by atoms with Crippen LogP contribution in [0.15, 0.2) is 12.1 Å². The average Bonchev–Trinajstić information content (AvgIpc) is 2.59. The monoisotopic (exact) mass is 322 g/mol. The summed E-state index contributed by atoms with van der Waals surface area (Å²) in [6, 6.07) is 3.45. The first kappa shape index (κ1) is 19.0. The highest BCUT2D eigenvalue weighted by molar-refractivity contribution is 5.81. The van der Waals surface area contributed by atoms with Gasteiger partial charge in [0.25, 0.3) is 0 Å². The molecular formula is C18H26O5. The van der Waals surface area contributed by atoms with Crippen molar-refractivity contribution in [1.29, 1.82) is 0 Å². The molecule has 128 valence electrons. The summed E-state index contributed by atoms with van der Waals surface area (Å²) < 4.78 is 15.5. The summed E-state index contributed by atoms with van der Waals surface area (Å²) in [5, 5.41) is 0. The minimum Gasteiger partial charge on any atom is -0.496 e. The van der Waals surface area contributed by atoms with E-state index in [9.17, 15) is 9.59 Å². The van der Waals surface area contributed by atoms with Crippen LogP contribution in [0.5, 0.6) is 11.5 Å². The quantitative estimate of drug-likeness (QED) is 0.373. The molecule has 1 atom stereocenters. The number of benzene rings is 1. The summed E-state index contributed by atoms with van der Waals surface area (Å²) in [5.74, 6) is 0.773. The van der Waals surface area contributed by atoms with Crippen LogP contribution in [-0.4, -0.2) is 33.6 Å². The van der Waals surface area contributed by atoms with Crippen molar-refractivity contribution in [3.63, 3.8) is 0 Å². The molecule has 0 bridgehead atoms. The van der Waals surface area contributed by atoms with Crippen molar-refractivity contribution in [1.82, 2.24) is 0 Å². The molecule has 5 heteroatoms. The largest absolute Gasteiger partial charge is 0.496 e. The number of aldehydes is 1. The molecule has 0 saturated carbocycles. The van der Waals surface area contributed by atoms with E-state index in [0.717, 1.165) is 37.5 Å². The van der Waals surface area contributed by atoms with Crippen molar-refractivity contribution in [3.05, 3.63) is 23.3 Å². The molecule has 0 spiro atoms. The fourth-order valence-corrected chi connectivity index (χ4v) is 2.65. The van der Waals surface area contributed by atoms with E-state index >= 15 is 0 Å². The smallest absolute Gasteiger partial charge is 0.306 e. The standard InChI is InChI=1S/C18H26O5/c1-5-6-7-8-13(10-18(20)23-4)15-9-14(12-19)16(21-2)11-17(15)22-3/h9,11-13H,5-8,10H2,1-4H3. The van der Waals surface area contributed by atoms with Crippen LogP contribution in [0.25, 0.3) is 0 Å². The molecule has 23 heavy (non-hydrogen) atoms. The summed E-state index contributed by atoms with van der Waals surface area (Å²) in [4.78, 5) is 23.0. The van der Waals surface area contributed by atoms with Crippen LogP contribution in [-0.2, 0) is 9.53 Å². The van der Waals surface area contributed by atoms with Gasteiger partial charge in [-0.1, -0.05) is 26.2 Å². The van der Waals surface area contributed by atoms with Crippen molar-refractivity contribution < 1.29 is 23.8 Å². The van der Waals surface area contributed by atoms with Crippen LogP contribution >= 0.6 is 0 Å². The van der Waals surface area contributed by atoms with Gasteiger partial charge in [0.05, 0.1) is 33.3 Å². The van der Waals surface area contributed by atoms with Gasteiger partial charge < -0.3 is 14.2 Å². The lowest BCUT2D eigenvalue weighted by molar-refractivity contribution is -0.141. The topological polar surface area (TPSA) is 61.8 Å². The molecule has 5 nitrogen and oxygen atoms in total. The molecule has 1 rings (SSSR count). The molecule has 0 radical (unpaired) electrons. The number of carbonyl (C=O) groups excluding carboxylic acids is 2. The Morgan fingerprint density at radius 1 is 1.13 bits per heavy atom. The molecule has 0 aliphatic rings. The molecule has 0 aromatic heterocycles. The maximum absolute atomic E-state index is 11.7. The van der Waals surface area contributed by atoms with Gasteiger partial charge in [-0.15, -0.1) is 0 Å². The molecule has 1 aromatic carbocycles. The highest BCUT2D eigenvalue weighted by Crippen LogP contribution is 2.37. The number of esters is 1. The third-order valence-corrected chi connectivity index (χ3v) is 3.95. The number of carbonyl (C=O) groups is 2. The molecule has 0 amide bonds. The second kappa shape index (κ2) is 9.87. The Hall–Kier alpha value is -2.04. The molecule has 0 aliphatic heterocycles. The number of unbranched alkanes of at least 4 members (excludes halogenated alkanes) is 2. The van der Waals surface area contributed by atoms with Crippen molar-refractivity contribution in [2.75, 3.05) is 21.3 Å². The molecular weight excluding hydrogens is 296 g/mol. The van der Waals surface area contributed by atoms with Gasteiger partial charge in [-0.3, -0.25) is 9.59 Å². The number of ether oxygens (including phenoxy) is 3. The molecule has 0 saturated heterocycles. The van der Waals surface area contributed by atoms with Crippen molar-refractivity contribution in [2.24, 2.45) is 0 Å². The zero-order valence-corrected chi connectivity index (χ0v) is 14.4. The van der Waals surface area contributed by atoms with Gasteiger partial charge in [0.15, 0.2) is 6.29 Å². The second-order valence-electron chi connectivity index (χ2n) is 5.43. The number of hydrogen-bond donors (Lipinski definition) is 0. The highest BCUT2D eigenvalue weighted by atomic mass is 16.5. The van der Waals surface area contributed by atoms with Gasteiger partial charge in [0, 0.05) is 6.07 Å². The lowest BCUT2D eigenvalue weighted by Gasteiger charge is -2.20. The average molecular weight is 322 g/mol. The Balaban J connectivity index is 3.20. The molecule has 1 aromatic rings. The lowest BCUT2D eigenvalue weighted by Crippen LogP contribution is -2.11. The van der Waals surface area contributed by atoms with E-state index in [1.54, 1.807) is 19.2 Å². The molecule has 0 heterocycles. The molecule has 0 N–H and O–H groups in total. The van der Waals surface area contributed by atoms with Gasteiger partial charge in [-0.25, -0.2) is 0 Å². The Morgan fingerprint density at radius 2 is 1.83 bits per heavy atom. The molecule has 0 aliphatic carbocycles. The normalized spacial score (nSPS) is 11.7. The Morgan fingerprint density at radius 3 is 2.35 bits per heavy atom. The van der Waals surface area contributed by atoms with Crippen LogP contribution in [0.2, 0.25) is 0 Å². The fourth-order valence-electron chi connectivity index (χ4n) is 2.65. The summed E-state index contributed by atoms with van der Waals surface area (Å²) in [6.07, 6.45) is 5.05. The van der Waals surface area contributed by atoms with Crippen LogP contribution < -0.4 is 9.47 Å². The SMILES string of the molecule is CCCCCC(CC(=O)OC)c1cc(C=O)c(OC)cc1OC. The number of methoxy groups -OCH3 is 3. The molecule has 1 unspecified atom stereocenters. The second-order valence-corrected chi connectivity index (χ2v) is 5.43. The Labute approximate surface area is 137 Å². The first-order chi connectivity index (χ1) is 11.1. The van der Waals surface area contributed by atoms with Gasteiger partial charge in [0.1, 0.15) is 11.5 Å². The van der Waals surface area contributed by atoms with Crippen LogP contribution in [0.1, 0.15) is 60.9 Å². The first-order valence-electron chi connectivity index (χ1n) is 7.89. The van der Waals surface area contributed by atoms with Crippen LogP contribution in [0, 0.1) is 0 Å². The van der Waals surface area contributed by atoms with E-state index in [1.807, 2.05) is 0 Å². The van der Waals surface area contributed by atoms with E-state index in [4.69, 9.17) is 14.2 Å². The predicted molar refractivity (Wildman–Crippen MR) is 88.4 cm³/mol. The van der Waals surface area contributed by atoms with E-state index < -0.39 is 0 Å². The molecule has 0 fully saturated rings. The maximum atomic E-state index is 11.7. The summed E-state index contributed by atoms with van der Waals surface area (Å²) in [7, 11) is 4.46. The summed E-state index contributed by atoms with van der Waals surface area (Å²) >= 11 is 0. The summed E-state index contributed by atoms with van der Waals surface area (Å²) in [5.41, 5.74) is 1.30. The number of rotatable bonds is 10. The third-order valence-electron chi connectivity index (χ3n) is 3.95. The zero-order chi connectivity index (χ0) is 17.2. The minimum atomic E-state index is -0.267. The fraction of sp³-hybridized carbons (Fsp3) is 0.556. The van der Waals surface area contributed by atoms with E-state index in [1.165, 1.54) is 14.2 Å². The van der Waals surface area contributed by atoms with Gasteiger partial charge in [-0.2, -0.15) is 0 Å². The van der Waals surface area contributed by atoms with E-state index in [2.05, 4.69) is 6.92 Å². The minimum absolute atomic E-state index is 0.0476. The maximum Gasteiger partial charge on any atom is 0.306 e. The van der Waals surface area contributed by atoms with Crippen LogP contribution in [0.4, 0.5) is 0 Å². The predicted octanol–water partition coefficient (Wildman–Crippen LogP) is 3.74. The Bertz CT molecular complexity index is 524. The lowest BCUT2D eigenvalue weighted by atomic mass is 9.88. The van der Waals surface area contributed by atoms with Crippen molar-refractivity contribution in [2.45, 2.75) is 44.9 Å².